The first kappa shape index (κ1) is 13.9. The van der Waals surface area contributed by atoms with E-state index >= 15 is 0 Å². The van der Waals surface area contributed by atoms with E-state index in [-0.39, 0.29) is 5.91 Å². The van der Waals surface area contributed by atoms with Crippen LogP contribution < -0.4 is 11.3 Å². The predicted octanol–water partition coefficient (Wildman–Crippen LogP) is 2.69. The third kappa shape index (κ3) is 2.89. The maximum atomic E-state index is 12.7. The Morgan fingerprint density at radius 3 is 2.89 bits per heavy atom. The van der Waals surface area contributed by atoms with Gasteiger partial charge in [-0.25, -0.2) is 0 Å². The molecular weight excluding hydrogens is 238 g/mol. The number of hydrazine groups is 1. The highest BCUT2D eigenvalue weighted by molar-refractivity contribution is 5.96. The van der Waals surface area contributed by atoms with E-state index in [9.17, 15) is 4.79 Å². The van der Waals surface area contributed by atoms with Crippen molar-refractivity contribution in [3.63, 3.8) is 0 Å². The fourth-order valence-electron chi connectivity index (χ4n) is 2.84. The number of benzene rings is 1. The van der Waals surface area contributed by atoms with Crippen LogP contribution in [0.5, 0.6) is 0 Å². The van der Waals surface area contributed by atoms with Gasteiger partial charge in [0.2, 0.25) is 0 Å². The average Bonchev–Trinajstić information content (AvgIpc) is 2.46. The van der Waals surface area contributed by atoms with Gasteiger partial charge in [-0.3, -0.25) is 10.6 Å². The number of rotatable bonds is 3. The highest BCUT2D eigenvalue weighted by Crippen LogP contribution is 2.23. The van der Waals surface area contributed by atoms with Crippen LogP contribution in [0.3, 0.4) is 0 Å². The molecule has 0 radical (unpaired) electrons. The Kier molecular flexibility index (Phi) is 4.43. The molecule has 4 heteroatoms. The van der Waals surface area contributed by atoms with Crippen molar-refractivity contribution in [3.8, 4) is 0 Å². The highest BCUT2D eigenvalue weighted by Gasteiger charge is 2.26. The molecule has 104 valence electrons. The monoisotopic (exact) mass is 261 g/mol. The number of amides is 1. The molecule has 1 atom stereocenters. The molecule has 0 saturated carbocycles. The van der Waals surface area contributed by atoms with Crippen molar-refractivity contribution >= 4 is 11.6 Å². The van der Waals surface area contributed by atoms with Crippen LogP contribution in [0, 0.1) is 6.92 Å². The minimum Gasteiger partial charge on any atom is -0.336 e. The summed E-state index contributed by atoms with van der Waals surface area (Å²) in [5.41, 5.74) is 5.21. The minimum atomic E-state index is 0.160. The van der Waals surface area contributed by atoms with Crippen molar-refractivity contribution in [1.82, 2.24) is 4.90 Å². The lowest BCUT2D eigenvalue weighted by Crippen LogP contribution is -2.43. The molecule has 0 aromatic heterocycles. The zero-order valence-electron chi connectivity index (χ0n) is 11.8. The summed E-state index contributed by atoms with van der Waals surface area (Å²) in [6.45, 7) is 5.00. The van der Waals surface area contributed by atoms with E-state index in [4.69, 9.17) is 5.84 Å². The number of piperidine rings is 1. The number of carbonyl (C=O) groups excluding carboxylic acids is 1. The molecule has 1 aliphatic heterocycles. The van der Waals surface area contributed by atoms with Crippen LogP contribution in [0.4, 0.5) is 5.69 Å². The maximum absolute atomic E-state index is 12.7. The Bertz CT molecular complexity index is 459. The van der Waals surface area contributed by atoms with Crippen molar-refractivity contribution < 1.29 is 4.79 Å². The van der Waals surface area contributed by atoms with Crippen molar-refractivity contribution in [2.24, 2.45) is 5.84 Å². The van der Waals surface area contributed by atoms with E-state index in [1.165, 1.54) is 6.42 Å². The smallest absolute Gasteiger partial charge is 0.254 e. The second-order valence-electron chi connectivity index (χ2n) is 5.23. The van der Waals surface area contributed by atoms with Gasteiger partial charge < -0.3 is 10.3 Å². The average molecular weight is 261 g/mol. The van der Waals surface area contributed by atoms with Crippen LogP contribution in [0.2, 0.25) is 0 Å². The van der Waals surface area contributed by atoms with Crippen molar-refractivity contribution in [1.29, 1.82) is 0 Å². The van der Waals surface area contributed by atoms with Gasteiger partial charge >= 0.3 is 0 Å². The number of anilines is 1. The molecule has 1 heterocycles. The highest BCUT2D eigenvalue weighted by atomic mass is 16.2. The van der Waals surface area contributed by atoms with Crippen molar-refractivity contribution in [2.45, 2.75) is 45.6 Å². The molecule has 1 fully saturated rings. The lowest BCUT2D eigenvalue weighted by Gasteiger charge is -2.35. The van der Waals surface area contributed by atoms with Gasteiger partial charge in [0.1, 0.15) is 0 Å². The molecule has 1 aromatic carbocycles. The van der Waals surface area contributed by atoms with Crippen molar-refractivity contribution in [3.05, 3.63) is 29.3 Å². The van der Waals surface area contributed by atoms with E-state index in [1.807, 2.05) is 30.0 Å². The van der Waals surface area contributed by atoms with Gasteiger partial charge in [0.15, 0.2) is 0 Å². The van der Waals surface area contributed by atoms with Gasteiger partial charge in [-0.2, -0.15) is 0 Å². The predicted molar refractivity (Wildman–Crippen MR) is 78.0 cm³/mol. The Hall–Kier alpha value is -1.55. The van der Waals surface area contributed by atoms with Gasteiger partial charge in [-0.15, -0.1) is 0 Å². The molecule has 4 nitrogen and oxygen atoms in total. The summed E-state index contributed by atoms with van der Waals surface area (Å²) in [5, 5.41) is 0. The number of likely N-dealkylation sites (tertiary alicyclic amines) is 1. The number of carbonyl (C=O) groups is 1. The molecule has 1 saturated heterocycles. The van der Waals surface area contributed by atoms with E-state index in [0.717, 1.165) is 42.6 Å². The standard InChI is InChI=1S/C15H23N3O/c1-3-13-6-4-5-9-18(13)15(19)14-8-7-12(17-16)10-11(14)2/h7-8,10,13,17H,3-6,9,16H2,1-2H3. The molecule has 1 aromatic rings. The Balaban J connectivity index is 2.23. The zero-order chi connectivity index (χ0) is 13.8. The molecule has 1 amide bonds. The number of nitrogen functional groups attached to an aromatic ring is 1. The van der Waals surface area contributed by atoms with Gasteiger partial charge in [-0.1, -0.05) is 6.92 Å². The quantitative estimate of drug-likeness (QED) is 0.649. The molecule has 19 heavy (non-hydrogen) atoms. The Labute approximate surface area is 114 Å². The molecule has 0 spiro atoms. The second-order valence-corrected chi connectivity index (χ2v) is 5.23. The third-order valence-electron chi connectivity index (χ3n) is 3.98. The normalized spacial score (nSPS) is 19.3. The fraction of sp³-hybridized carbons (Fsp3) is 0.533. The first-order chi connectivity index (χ1) is 9.17. The number of hydrogen-bond donors (Lipinski definition) is 2. The third-order valence-corrected chi connectivity index (χ3v) is 3.98. The van der Waals surface area contributed by atoms with E-state index in [2.05, 4.69) is 12.3 Å². The van der Waals surface area contributed by atoms with Crippen LogP contribution in [0.25, 0.3) is 0 Å². The molecule has 3 N–H and O–H groups in total. The molecule has 0 aliphatic carbocycles. The molecular formula is C15H23N3O. The number of aryl methyl sites for hydroxylation is 1. The topological polar surface area (TPSA) is 58.4 Å². The zero-order valence-corrected chi connectivity index (χ0v) is 11.8. The summed E-state index contributed by atoms with van der Waals surface area (Å²) in [6.07, 6.45) is 4.51. The summed E-state index contributed by atoms with van der Waals surface area (Å²) < 4.78 is 0. The maximum Gasteiger partial charge on any atom is 0.254 e. The van der Waals surface area contributed by atoms with Gasteiger partial charge in [-0.05, 0) is 56.4 Å². The Morgan fingerprint density at radius 1 is 1.47 bits per heavy atom. The second kappa shape index (κ2) is 6.06. The van der Waals surface area contributed by atoms with Crippen LogP contribution in [-0.4, -0.2) is 23.4 Å². The van der Waals surface area contributed by atoms with E-state index in [1.54, 1.807) is 0 Å². The first-order valence-electron chi connectivity index (χ1n) is 7.05. The summed E-state index contributed by atoms with van der Waals surface area (Å²) in [6, 6.07) is 6.03. The molecule has 0 bridgehead atoms. The molecule has 2 rings (SSSR count). The number of nitrogens with two attached hydrogens (primary N) is 1. The lowest BCUT2D eigenvalue weighted by atomic mass is 9.97. The molecule has 1 unspecified atom stereocenters. The largest absolute Gasteiger partial charge is 0.336 e. The fourth-order valence-corrected chi connectivity index (χ4v) is 2.84. The summed E-state index contributed by atoms with van der Waals surface area (Å²) in [5.74, 6) is 5.55. The van der Waals surface area contributed by atoms with Crippen LogP contribution in [-0.2, 0) is 0 Å². The number of nitrogens with one attached hydrogen (secondary N) is 1. The van der Waals surface area contributed by atoms with E-state index in [0.29, 0.717) is 6.04 Å². The Morgan fingerprint density at radius 2 is 2.26 bits per heavy atom. The van der Waals surface area contributed by atoms with Gasteiger partial charge in [0, 0.05) is 23.8 Å². The first-order valence-corrected chi connectivity index (χ1v) is 7.05. The van der Waals surface area contributed by atoms with Crippen LogP contribution >= 0.6 is 0 Å². The van der Waals surface area contributed by atoms with E-state index < -0.39 is 0 Å². The number of hydrogen-bond acceptors (Lipinski definition) is 3. The SMILES string of the molecule is CCC1CCCCN1C(=O)c1ccc(NN)cc1C. The van der Waals surface area contributed by atoms with Gasteiger partial charge in [0.05, 0.1) is 0 Å². The lowest BCUT2D eigenvalue weighted by molar-refractivity contribution is 0.0607. The van der Waals surface area contributed by atoms with Crippen molar-refractivity contribution in [2.75, 3.05) is 12.0 Å². The number of nitrogens with zero attached hydrogens (tertiary/aromatic N) is 1. The van der Waals surface area contributed by atoms with Crippen LogP contribution in [0.1, 0.15) is 48.5 Å². The summed E-state index contributed by atoms with van der Waals surface area (Å²) >= 11 is 0. The van der Waals surface area contributed by atoms with Gasteiger partial charge in [0.25, 0.3) is 5.91 Å². The van der Waals surface area contributed by atoms with Crippen LogP contribution in [0.15, 0.2) is 18.2 Å². The molecule has 1 aliphatic rings. The summed E-state index contributed by atoms with van der Waals surface area (Å²) in [7, 11) is 0. The summed E-state index contributed by atoms with van der Waals surface area (Å²) in [4.78, 5) is 14.7. The minimum absolute atomic E-state index is 0.160.